The van der Waals surface area contributed by atoms with Crippen molar-refractivity contribution in [2.24, 2.45) is 0 Å². The Balaban J connectivity index is 2.11. The highest BCUT2D eigenvalue weighted by Crippen LogP contribution is 2.25. The largest absolute Gasteiger partial charge is 0.326 e. The predicted octanol–water partition coefficient (Wildman–Crippen LogP) is 3.70. The van der Waals surface area contributed by atoms with Crippen LogP contribution in [0.4, 0.5) is 15.8 Å². The van der Waals surface area contributed by atoms with Gasteiger partial charge in [0.15, 0.2) is 0 Å². The van der Waals surface area contributed by atoms with Crippen molar-refractivity contribution in [3.05, 3.63) is 59.9 Å². The maximum Gasteiger partial charge on any atom is 0.234 e. The molecular weight excluding hydrogens is 295 g/mol. The van der Waals surface area contributed by atoms with E-state index in [9.17, 15) is 14.0 Å². The van der Waals surface area contributed by atoms with Gasteiger partial charge in [-0.15, -0.1) is 0 Å². The van der Waals surface area contributed by atoms with Gasteiger partial charge in [0, 0.05) is 18.3 Å². The van der Waals surface area contributed by atoms with Crippen LogP contribution in [0.5, 0.6) is 0 Å². The van der Waals surface area contributed by atoms with Gasteiger partial charge in [0.1, 0.15) is 5.82 Å². The molecule has 2 aromatic rings. The summed E-state index contributed by atoms with van der Waals surface area (Å²) in [6.45, 7) is 4.99. The summed E-state index contributed by atoms with van der Waals surface area (Å²) in [5.74, 6) is -0.686. The first-order valence-electron chi connectivity index (χ1n) is 7.24. The highest BCUT2D eigenvalue weighted by molar-refractivity contribution is 5.98. The maximum absolute atomic E-state index is 13.0. The Morgan fingerprint density at radius 1 is 0.870 bits per heavy atom. The van der Waals surface area contributed by atoms with Gasteiger partial charge >= 0.3 is 0 Å². The van der Waals surface area contributed by atoms with Crippen LogP contribution >= 0.6 is 0 Å². The molecule has 2 rings (SSSR count). The van der Waals surface area contributed by atoms with Crippen LogP contribution in [0.15, 0.2) is 48.5 Å². The first-order chi connectivity index (χ1) is 10.8. The van der Waals surface area contributed by atoms with Crippen molar-refractivity contribution in [1.82, 2.24) is 0 Å². The van der Waals surface area contributed by atoms with Crippen LogP contribution in [0.1, 0.15) is 26.3 Å². The van der Waals surface area contributed by atoms with Crippen LogP contribution < -0.4 is 10.6 Å². The summed E-state index contributed by atoms with van der Waals surface area (Å²) in [5, 5.41) is 5.49. The van der Waals surface area contributed by atoms with Crippen LogP contribution in [0.2, 0.25) is 0 Å². The molecule has 0 aliphatic rings. The van der Waals surface area contributed by atoms with Crippen molar-refractivity contribution < 1.29 is 14.0 Å². The molecule has 0 fully saturated rings. The minimum Gasteiger partial charge on any atom is -0.326 e. The molecule has 5 heteroatoms. The normalized spacial score (nSPS) is 11.0. The van der Waals surface area contributed by atoms with Gasteiger partial charge < -0.3 is 10.6 Å². The summed E-state index contributed by atoms with van der Waals surface area (Å²) in [4.78, 5) is 23.5. The van der Waals surface area contributed by atoms with Crippen molar-refractivity contribution >= 4 is 23.2 Å². The molecular formula is C18H19FN2O2. The molecule has 0 unspecified atom stereocenters. The second-order valence-corrected chi connectivity index (χ2v) is 5.84. The molecule has 0 heterocycles. The molecule has 0 spiro atoms. The Morgan fingerprint density at radius 2 is 1.35 bits per heavy atom. The Labute approximate surface area is 134 Å². The average molecular weight is 314 g/mol. The molecule has 2 aromatic carbocycles. The highest BCUT2D eigenvalue weighted by Gasteiger charge is 2.29. The fourth-order valence-electron chi connectivity index (χ4n) is 2.13. The molecule has 0 aliphatic heterocycles. The zero-order valence-electron chi connectivity index (χ0n) is 13.3. The smallest absolute Gasteiger partial charge is 0.234 e. The number of rotatable bonds is 4. The number of hydrogen-bond donors (Lipinski definition) is 2. The summed E-state index contributed by atoms with van der Waals surface area (Å²) in [6.07, 6.45) is 0. The van der Waals surface area contributed by atoms with E-state index in [1.165, 1.54) is 19.1 Å². The van der Waals surface area contributed by atoms with Gasteiger partial charge in [0.05, 0.1) is 5.41 Å². The second kappa shape index (κ2) is 6.60. The number of halogens is 1. The SMILES string of the molecule is CC(=O)Nc1ccc(NC(=O)C(C)(C)c2ccc(F)cc2)cc1. The lowest BCUT2D eigenvalue weighted by Crippen LogP contribution is -2.34. The second-order valence-electron chi connectivity index (χ2n) is 5.84. The first-order valence-corrected chi connectivity index (χ1v) is 7.24. The minimum atomic E-state index is -0.802. The van der Waals surface area contributed by atoms with E-state index in [0.29, 0.717) is 11.4 Å². The fraction of sp³-hybridized carbons (Fsp3) is 0.222. The van der Waals surface area contributed by atoms with E-state index in [1.54, 1.807) is 50.2 Å². The third kappa shape index (κ3) is 4.16. The summed E-state index contributed by atoms with van der Waals surface area (Å²) in [7, 11) is 0. The third-order valence-electron chi connectivity index (χ3n) is 3.60. The van der Waals surface area contributed by atoms with E-state index in [4.69, 9.17) is 0 Å². The van der Waals surface area contributed by atoms with Crippen LogP contribution in [0, 0.1) is 5.82 Å². The maximum atomic E-state index is 13.0. The van der Waals surface area contributed by atoms with Gasteiger partial charge in [-0.1, -0.05) is 12.1 Å². The minimum absolute atomic E-state index is 0.153. The van der Waals surface area contributed by atoms with Crippen LogP contribution in [0.25, 0.3) is 0 Å². The van der Waals surface area contributed by atoms with Crippen molar-refractivity contribution in [1.29, 1.82) is 0 Å². The number of carbonyl (C=O) groups is 2. The van der Waals surface area contributed by atoms with E-state index >= 15 is 0 Å². The molecule has 23 heavy (non-hydrogen) atoms. The van der Waals surface area contributed by atoms with E-state index in [0.717, 1.165) is 5.56 Å². The predicted molar refractivity (Wildman–Crippen MR) is 88.8 cm³/mol. The molecule has 0 radical (unpaired) electrons. The number of benzene rings is 2. The van der Waals surface area contributed by atoms with Crippen molar-refractivity contribution in [3.8, 4) is 0 Å². The third-order valence-corrected chi connectivity index (χ3v) is 3.60. The Kier molecular flexibility index (Phi) is 4.79. The number of nitrogens with one attached hydrogen (secondary N) is 2. The van der Waals surface area contributed by atoms with Gasteiger partial charge in [-0.3, -0.25) is 9.59 Å². The average Bonchev–Trinajstić information content (AvgIpc) is 2.49. The monoisotopic (exact) mass is 314 g/mol. The summed E-state index contributed by atoms with van der Waals surface area (Å²) < 4.78 is 13.0. The van der Waals surface area contributed by atoms with Gasteiger partial charge in [0.2, 0.25) is 11.8 Å². The first kappa shape index (κ1) is 16.7. The standard InChI is InChI=1S/C18H19FN2O2/c1-12(22)20-15-8-10-16(11-9-15)21-17(23)18(2,3)13-4-6-14(19)7-5-13/h4-11H,1-3H3,(H,20,22)(H,21,23). The molecule has 4 nitrogen and oxygen atoms in total. The topological polar surface area (TPSA) is 58.2 Å². The lowest BCUT2D eigenvalue weighted by atomic mass is 9.83. The van der Waals surface area contributed by atoms with Gasteiger partial charge in [0.25, 0.3) is 0 Å². The Hall–Kier alpha value is -2.69. The lowest BCUT2D eigenvalue weighted by Gasteiger charge is -2.24. The molecule has 0 aromatic heterocycles. The molecule has 0 saturated carbocycles. The lowest BCUT2D eigenvalue weighted by molar-refractivity contribution is -0.120. The summed E-state index contributed by atoms with van der Waals surface area (Å²) >= 11 is 0. The molecule has 2 N–H and O–H groups in total. The summed E-state index contributed by atoms with van der Waals surface area (Å²) in [5.41, 5.74) is 1.21. The van der Waals surface area contributed by atoms with Gasteiger partial charge in [-0.25, -0.2) is 4.39 Å². The number of amides is 2. The number of carbonyl (C=O) groups excluding carboxylic acids is 2. The zero-order valence-corrected chi connectivity index (χ0v) is 13.3. The Morgan fingerprint density at radius 3 is 1.83 bits per heavy atom. The van der Waals surface area contributed by atoms with Gasteiger partial charge in [-0.2, -0.15) is 0 Å². The zero-order chi connectivity index (χ0) is 17.0. The molecule has 120 valence electrons. The van der Waals surface area contributed by atoms with E-state index in [2.05, 4.69) is 10.6 Å². The van der Waals surface area contributed by atoms with Crippen LogP contribution in [0.3, 0.4) is 0 Å². The molecule has 0 saturated heterocycles. The van der Waals surface area contributed by atoms with E-state index < -0.39 is 5.41 Å². The number of anilines is 2. The molecule has 2 amide bonds. The van der Waals surface area contributed by atoms with Crippen molar-refractivity contribution in [2.75, 3.05) is 10.6 Å². The Bertz CT molecular complexity index is 707. The highest BCUT2D eigenvalue weighted by atomic mass is 19.1. The van der Waals surface area contributed by atoms with Crippen molar-refractivity contribution in [3.63, 3.8) is 0 Å². The molecule has 0 bridgehead atoms. The van der Waals surface area contributed by atoms with Crippen LogP contribution in [-0.4, -0.2) is 11.8 Å². The molecule has 0 atom stereocenters. The van der Waals surface area contributed by atoms with Crippen molar-refractivity contribution in [2.45, 2.75) is 26.2 Å². The van der Waals surface area contributed by atoms with Crippen LogP contribution in [-0.2, 0) is 15.0 Å². The fourth-order valence-corrected chi connectivity index (χ4v) is 2.13. The van der Waals surface area contributed by atoms with E-state index in [1.807, 2.05) is 0 Å². The quantitative estimate of drug-likeness (QED) is 0.904. The van der Waals surface area contributed by atoms with Gasteiger partial charge in [-0.05, 0) is 55.8 Å². The summed E-state index contributed by atoms with van der Waals surface area (Å²) in [6, 6.07) is 12.7. The number of hydrogen-bond acceptors (Lipinski definition) is 2. The molecule has 0 aliphatic carbocycles. The van der Waals surface area contributed by atoms with E-state index in [-0.39, 0.29) is 17.6 Å².